The van der Waals surface area contributed by atoms with Crippen LogP contribution in [-0.4, -0.2) is 40.0 Å². The van der Waals surface area contributed by atoms with Gasteiger partial charge in [0, 0.05) is 36.3 Å². The van der Waals surface area contributed by atoms with Crippen molar-refractivity contribution in [1.82, 2.24) is 14.8 Å². The molecule has 38 heavy (non-hydrogen) atoms. The normalized spacial score (nSPS) is 14.5. The van der Waals surface area contributed by atoms with Crippen molar-refractivity contribution in [2.24, 2.45) is 0 Å². The molecule has 2 amide bonds. The highest BCUT2D eigenvalue weighted by Crippen LogP contribution is 2.31. The number of hydrogen-bond acceptors (Lipinski definition) is 4. The van der Waals surface area contributed by atoms with Gasteiger partial charge < -0.3 is 19.5 Å². The van der Waals surface area contributed by atoms with E-state index in [2.05, 4.69) is 5.32 Å². The van der Waals surface area contributed by atoms with Gasteiger partial charge in [-0.3, -0.25) is 14.5 Å². The minimum atomic E-state index is -0.209. The predicted molar refractivity (Wildman–Crippen MR) is 154 cm³/mol. The van der Waals surface area contributed by atoms with Crippen molar-refractivity contribution in [2.75, 3.05) is 18.6 Å². The van der Waals surface area contributed by atoms with E-state index in [9.17, 15) is 9.59 Å². The summed E-state index contributed by atoms with van der Waals surface area (Å²) in [5, 5.41) is 4.32. The van der Waals surface area contributed by atoms with Crippen molar-refractivity contribution in [2.45, 2.75) is 20.0 Å². The van der Waals surface area contributed by atoms with Gasteiger partial charge in [-0.15, -0.1) is 0 Å². The van der Waals surface area contributed by atoms with Gasteiger partial charge in [0.2, 0.25) is 5.91 Å². The summed E-state index contributed by atoms with van der Waals surface area (Å²) >= 11 is 5.63. The predicted octanol–water partition coefficient (Wildman–Crippen LogP) is 4.96. The first-order valence-corrected chi connectivity index (χ1v) is 12.8. The van der Waals surface area contributed by atoms with Crippen molar-refractivity contribution in [3.8, 4) is 5.75 Å². The topological polar surface area (TPSA) is 66.8 Å². The fourth-order valence-corrected chi connectivity index (χ4v) is 4.80. The molecule has 1 N–H and O–H groups in total. The number of nitrogens with zero attached hydrogens (tertiary/aromatic N) is 3. The van der Waals surface area contributed by atoms with Crippen molar-refractivity contribution >= 4 is 51.8 Å². The molecular formula is C30H28N4O3S. The number of hydrogen-bond donors (Lipinski definition) is 1. The molecule has 0 unspecified atom stereocenters. The molecule has 4 aromatic rings. The van der Waals surface area contributed by atoms with Crippen molar-refractivity contribution in [1.29, 1.82) is 0 Å². The van der Waals surface area contributed by atoms with E-state index < -0.39 is 0 Å². The molecule has 3 aromatic carbocycles. The molecule has 0 saturated carbocycles. The summed E-state index contributed by atoms with van der Waals surface area (Å²) in [6, 6.07) is 24.9. The lowest BCUT2D eigenvalue weighted by molar-refractivity contribution is -0.121. The van der Waals surface area contributed by atoms with Crippen LogP contribution in [0.15, 0.2) is 90.8 Å². The number of anilines is 1. The number of rotatable bonds is 8. The van der Waals surface area contributed by atoms with Crippen molar-refractivity contribution in [3.05, 3.63) is 102 Å². The third-order valence-electron chi connectivity index (χ3n) is 6.43. The largest absolute Gasteiger partial charge is 0.494 e. The molecule has 0 aliphatic carbocycles. The van der Waals surface area contributed by atoms with Gasteiger partial charge in [-0.1, -0.05) is 48.5 Å². The zero-order valence-corrected chi connectivity index (χ0v) is 22.1. The summed E-state index contributed by atoms with van der Waals surface area (Å²) < 4.78 is 7.42. The highest BCUT2D eigenvalue weighted by molar-refractivity contribution is 7.80. The van der Waals surface area contributed by atoms with Crippen molar-refractivity contribution < 1.29 is 14.3 Å². The summed E-state index contributed by atoms with van der Waals surface area (Å²) in [7, 11) is 1.79. The Kier molecular flexibility index (Phi) is 7.24. The number of para-hydroxylation sites is 1. The first kappa shape index (κ1) is 25.2. The number of benzene rings is 3. The molecule has 1 aliphatic rings. The number of likely N-dealkylation sites (N-methyl/N-ethyl adjacent to an activating group) is 1. The van der Waals surface area contributed by atoms with Crippen LogP contribution in [0.5, 0.6) is 5.75 Å². The monoisotopic (exact) mass is 524 g/mol. The molecule has 0 bridgehead atoms. The Labute approximate surface area is 226 Å². The maximum atomic E-state index is 13.5. The molecule has 2 heterocycles. The van der Waals surface area contributed by atoms with E-state index in [0.717, 1.165) is 27.8 Å². The van der Waals surface area contributed by atoms with Gasteiger partial charge in [0.15, 0.2) is 5.11 Å². The second kappa shape index (κ2) is 10.9. The Morgan fingerprint density at radius 2 is 1.71 bits per heavy atom. The Hall–Kier alpha value is -4.43. The fourth-order valence-electron chi connectivity index (χ4n) is 4.52. The summed E-state index contributed by atoms with van der Waals surface area (Å²) in [6.07, 6.45) is 3.74. The Morgan fingerprint density at radius 3 is 2.45 bits per heavy atom. The fraction of sp³-hybridized carbons (Fsp3) is 0.167. The minimum Gasteiger partial charge on any atom is -0.494 e. The lowest BCUT2D eigenvalue weighted by Crippen LogP contribution is -2.31. The molecule has 1 aliphatic heterocycles. The average molecular weight is 525 g/mol. The molecule has 192 valence electrons. The lowest BCUT2D eigenvalue weighted by atomic mass is 10.1. The van der Waals surface area contributed by atoms with E-state index >= 15 is 0 Å². The maximum absolute atomic E-state index is 13.5. The Morgan fingerprint density at radius 1 is 1.00 bits per heavy atom. The summed E-state index contributed by atoms with van der Waals surface area (Å²) in [4.78, 5) is 29.5. The smallest absolute Gasteiger partial charge is 0.281 e. The third kappa shape index (κ3) is 5.03. The molecule has 0 radical (unpaired) electrons. The summed E-state index contributed by atoms with van der Waals surface area (Å²) in [6.45, 7) is 3.12. The number of aromatic nitrogens is 1. The van der Waals surface area contributed by atoms with Gasteiger partial charge in [0.1, 0.15) is 18.0 Å². The number of fused-ring (bicyclic) bond motifs is 1. The van der Waals surface area contributed by atoms with E-state index in [1.54, 1.807) is 11.9 Å². The maximum Gasteiger partial charge on any atom is 0.281 e. The second-order valence-electron chi connectivity index (χ2n) is 8.93. The van der Waals surface area contributed by atoms with E-state index in [-0.39, 0.29) is 18.4 Å². The van der Waals surface area contributed by atoms with Gasteiger partial charge >= 0.3 is 0 Å². The lowest BCUT2D eigenvalue weighted by Gasteiger charge is -2.16. The quantitative estimate of drug-likeness (QED) is 0.261. The minimum absolute atomic E-state index is 0.0919. The molecule has 5 rings (SSSR count). The number of carbonyl (C=O) groups excluding carboxylic acids is 2. The third-order valence-corrected chi connectivity index (χ3v) is 6.88. The number of amides is 2. The first-order chi connectivity index (χ1) is 18.5. The number of carbonyl (C=O) groups is 2. The van der Waals surface area contributed by atoms with E-state index in [0.29, 0.717) is 29.6 Å². The molecule has 7 nitrogen and oxygen atoms in total. The second-order valence-corrected chi connectivity index (χ2v) is 9.30. The van der Waals surface area contributed by atoms with Gasteiger partial charge in [-0.05, 0) is 61.1 Å². The zero-order chi connectivity index (χ0) is 26.6. The van der Waals surface area contributed by atoms with Crippen LogP contribution in [0.3, 0.4) is 0 Å². The van der Waals surface area contributed by atoms with Crippen LogP contribution < -0.4 is 15.0 Å². The molecular weight excluding hydrogens is 496 g/mol. The van der Waals surface area contributed by atoms with E-state index in [4.69, 9.17) is 17.0 Å². The molecule has 1 aromatic heterocycles. The molecule has 1 saturated heterocycles. The molecule has 0 atom stereocenters. The van der Waals surface area contributed by atoms with Crippen LogP contribution in [0.2, 0.25) is 0 Å². The zero-order valence-electron chi connectivity index (χ0n) is 21.3. The van der Waals surface area contributed by atoms with Crippen LogP contribution in [0.1, 0.15) is 18.1 Å². The Balaban J connectivity index is 1.40. The van der Waals surface area contributed by atoms with Gasteiger partial charge in [0.05, 0.1) is 12.3 Å². The van der Waals surface area contributed by atoms with Gasteiger partial charge in [-0.25, -0.2) is 0 Å². The number of thiocarbonyl (C=S) groups is 1. The highest BCUT2D eigenvalue weighted by atomic mass is 32.1. The van der Waals surface area contributed by atoms with Crippen molar-refractivity contribution in [3.63, 3.8) is 0 Å². The van der Waals surface area contributed by atoms with E-state index in [1.807, 2.05) is 103 Å². The van der Waals surface area contributed by atoms with Gasteiger partial charge in [-0.2, -0.15) is 0 Å². The number of nitrogens with one attached hydrogen (secondary N) is 1. The standard InChI is InChI=1S/C30H28N4O3S/c1-3-37-24-15-13-23(14-16-24)34-29(36)27(32(2)30(34)38)17-22-19-33(26-12-8-7-11-25(22)26)20-28(35)31-18-21-9-5-4-6-10-21/h4-17,19H,3,18,20H2,1-2H3,(H,31,35)/b27-17-. The molecule has 0 spiro atoms. The highest BCUT2D eigenvalue weighted by Gasteiger charge is 2.37. The summed E-state index contributed by atoms with van der Waals surface area (Å²) in [5.41, 5.74) is 3.92. The van der Waals surface area contributed by atoms with Crippen LogP contribution in [-0.2, 0) is 22.7 Å². The summed E-state index contributed by atoms with van der Waals surface area (Å²) in [5.74, 6) is 0.434. The van der Waals surface area contributed by atoms with E-state index in [1.165, 1.54) is 4.90 Å². The van der Waals surface area contributed by atoms with Crippen LogP contribution >= 0.6 is 12.2 Å². The molecule has 8 heteroatoms. The average Bonchev–Trinajstić information content (AvgIpc) is 3.38. The van der Waals surface area contributed by atoms with Crippen LogP contribution in [0, 0.1) is 0 Å². The van der Waals surface area contributed by atoms with Gasteiger partial charge in [0.25, 0.3) is 5.91 Å². The first-order valence-electron chi connectivity index (χ1n) is 12.4. The molecule has 1 fully saturated rings. The van der Waals surface area contributed by atoms with Crippen LogP contribution in [0.25, 0.3) is 17.0 Å². The SMILES string of the molecule is CCOc1ccc(N2C(=O)/C(=C/c3cn(CC(=O)NCc4ccccc4)c4ccccc34)N(C)C2=S)cc1. The van der Waals surface area contributed by atoms with Crippen LogP contribution in [0.4, 0.5) is 5.69 Å². The Bertz CT molecular complexity index is 1530. The number of ether oxygens (including phenoxy) is 1.